The summed E-state index contributed by atoms with van der Waals surface area (Å²) < 4.78 is 39.1. The number of aryl methyl sites for hydroxylation is 2. The molecule has 3 aromatic carbocycles. The quantitative estimate of drug-likeness (QED) is 0.513. The molecule has 0 aliphatic heterocycles. The third-order valence-corrected chi connectivity index (χ3v) is 6.98. The number of hydrogen-bond donors (Lipinski definition) is 0. The van der Waals surface area contributed by atoms with E-state index in [1.165, 1.54) is 26.2 Å². The van der Waals surface area contributed by atoms with Crippen LogP contribution in [0.25, 0.3) is 0 Å². The van der Waals surface area contributed by atoms with Crippen molar-refractivity contribution in [3.05, 3.63) is 83.4 Å². The topological polar surface area (TPSA) is 72.9 Å². The van der Waals surface area contributed by atoms with Crippen molar-refractivity contribution in [1.29, 1.82) is 0 Å². The molecule has 168 valence electrons. The zero-order valence-electron chi connectivity index (χ0n) is 18.8. The Morgan fingerprint density at radius 1 is 0.906 bits per heavy atom. The summed E-state index contributed by atoms with van der Waals surface area (Å²) in [6, 6.07) is 18.5. The van der Waals surface area contributed by atoms with Crippen LogP contribution < -0.4 is 13.8 Å². The lowest BCUT2D eigenvalue weighted by Gasteiger charge is -2.27. The van der Waals surface area contributed by atoms with Crippen LogP contribution in [0.3, 0.4) is 0 Å². The number of nitrogens with zero attached hydrogens (tertiary/aromatic N) is 1. The Morgan fingerprint density at radius 2 is 1.53 bits per heavy atom. The van der Waals surface area contributed by atoms with E-state index in [1.54, 1.807) is 55.5 Å². The van der Waals surface area contributed by atoms with Crippen molar-refractivity contribution < 1.29 is 22.7 Å². The molecule has 0 aliphatic rings. The highest BCUT2D eigenvalue weighted by atomic mass is 32.2. The Morgan fingerprint density at radius 3 is 2.19 bits per heavy atom. The van der Waals surface area contributed by atoms with Crippen molar-refractivity contribution in [1.82, 2.24) is 0 Å². The van der Waals surface area contributed by atoms with E-state index in [0.717, 1.165) is 15.4 Å². The fourth-order valence-corrected chi connectivity index (χ4v) is 4.76. The van der Waals surface area contributed by atoms with E-state index in [0.29, 0.717) is 22.7 Å². The molecule has 3 rings (SSSR count). The summed E-state index contributed by atoms with van der Waals surface area (Å²) in [5, 5.41) is 0. The van der Waals surface area contributed by atoms with Crippen molar-refractivity contribution in [2.24, 2.45) is 0 Å². The van der Waals surface area contributed by atoms with Gasteiger partial charge in [0.2, 0.25) is 0 Å². The number of ether oxygens (including phenoxy) is 2. The Labute approximate surface area is 189 Å². The van der Waals surface area contributed by atoms with Crippen molar-refractivity contribution in [3.8, 4) is 11.5 Å². The van der Waals surface area contributed by atoms with E-state index < -0.39 is 22.0 Å². The SMILES string of the molecule is COc1cccc(OC(C)C(=O)N(c2cccc(C)c2C)S(=O)(=O)c2ccc(C)cc2)c1. The molecule has 0 aliphatic carbocycles. The lowest BCUT2D eigenvalue weighted by molar-refractivity contribution is -0.123. The molecule has 0 spiro atoms. The van der Waals surface area contributed by atoms with Crippen LogP contribution in [0.2, 0.25) is 0 Å². The summed E-state index contributed by atoms with van der Waals surface area (Å²) in [6.45, 7) is 7.07. The summed E-state index contributed by atoms with van der Waals surface area (Å²) in [6.07, 6.45) is -1.07. The molecule has 0 N–H and O–H groups in total. The number of anilines is 1. The van der Waals surface area contributed by atoms with E-state index in [4.69, 9.17) is 9.47 Å². The number of benzene rings is 3. The third kappa shape index (κ3) is 4.78. The van der Waals surface area contributed by atoms with Gasteiger partial charge >= 0.3 is 0 Å². The lowest BCUT2D eigenvalue weighted by atomic mass is 10.1. The zero-order chi connectivity index (χ0) is 23.5. The van der Waals surface area contributed by atoms with E-state index >= 15 is 0 Å². The van der Waals surface area contributed by atoms with Crippen LogP contribution in [0.4, 0.5) is 5.69 Å². The number of carbonyl (C=O) groups is 1. The Hall–Kier alpha value is -3.32. The monoisotopic (exact) mass is 453 g/mol. The standard InChI is InChI=1S/C25H27NO5S/c1-17-12-14-23(15-13-17)32(28,29)26(24-11-6-8-18(2)19(24)3)25(27)20(4)31-22-10-7-9-21(16-22)30-5/h6-16,20H,1-5H3. The van der Waals surface area contributed by atoms with E-state index in [9.17, 15) is 13.2 Å². The van der Waals surface area contributed by atoms with Gasteiger partial charge in [-0.25, -0.2) is 8.42 Å². The van der Waals surface area contributed by atoms with Gasteiger partial charge < -0.3 is 9.47 Å². The molecule has 1 atom stereocenters. The molecule has 1 amide bonds. The molecule has 0 saturated carbocycles. The number of methoxy groups -OCH3 is 1. The predicted octanol–water partition coefficient (Wildman–Crippen LogP) is 4.81. The van der Waals surface area contributed by atoms with Crippen LogP contribution in [-0.2, 0) is 14.8 Å². The minimum absolute atomic E-state index is 0.0333. The average Bonchev–Trinajstić information content (AvgIpc) is 2.77. The third-order valence-electron chi connectivity index (χ3n) is 5.26. The first kappa shape index (κ1) is 23.3. The molecular formula is C25H27NO5S. The molecule has 32 heavy (non-hydrogen) atoms. The molecule has 7 heteroatoms. The first-order chi connectivity index (χ1) is 15.1. The molecule has 0 fully saturated rings. The largest absolute Gasteiger partial charge is 0.497 e. The number of amides is 1. The second-order valence-corrected chi connectivity index (χ2v) is 9.37. The maximum absolute atomic E-state index is 13.6. The summed E-state index contributed by atoms with van der Waals surface area (Å²) in [5.74, 6) is 0.279. The highest BCUT2D eigenvalue weighted by molar-refractivity contribution is 7.93. The second kappa shape index (κ2) is 9.44. The Bertz CT molecular complexity index is 1220. The molecule has 0 heterocycles. The summed E-state index contributed by atoms with van der Waals surface area (Å²) in [4.78, 5) is 13.6. The molecule has 0 saturated heterocycles. The fraction of sp³-hybridized carbons (Fsp3) is 0.240. The smallest absolute Gasteiger partial charge is 0.281 e. The van der Waals surface area contributed by atoms with Gasteiger partial charge in [-0.2, -0.15) is 4.31 Å². The van der Waals surface area contributed by atoms with Gasteiger partial charge in [0.15, 0.2) is 6.10 Å². The maximum Gasteiger partial charge on any atom is 0.281 e. The maximum atomic E-state index is 13.6. The van der Waals surface area contributed by atoms with Gasteiger partial charge in [0.05, 0.1) is 17.7 Å². The predicted molar refractivity (Wildman–Crippen MR) is 125 cm³/mol. The van der Waals surface area contributed by atoms with Crippen LogP contribution in [0.15, 0.2) is 71.6 Å². The van der Waals surface area contributed by atoms with Gasteiger partial charge in [-0.3, -0.25) is 4.79 Å². The zero-order valence-corrected chi connectivity index (χ0v) is 19.6. The molecule has 1 unspecified atom stereocenters. The number of sulfonamides is 1. The van der Waals surface area contributed by atoms with Crippen LogP contribution in [-0.4, -0.2) is 27.5 Å². The van der Waals surface area contributed by atoms with E-state index in [2.05, 4.69) is 0 Å². The van der Waals surface area contributed by atoms with E-state index in [1.807, 2.05) is 19.9 Å². The normalized spacial score (nSPS) is 12.2. The lowest BCUT2D eigenvalue weighted by Crippen LogP contribution is -2.44. The van der Waals surface area contributed by atoms with Crippen LogP contribution in [0.5, 0.6) is 11.5 Å². The minimum atomic E-state index is -4.18. The average molecular weight is 454 g/mol. The summed E-state index contributed by atoms with van der Waals surface area (Å²) >= 11 is 0. The second-order valence-electron chi connectivity index (χ2n) is 7.58. The van der Waals surface area contributed by atoms with Crippen molar-refractivity contribution in [2.45, 2.75) is 38.7 Å². The van der Waals surface area contributed by atoms with Gasteiger partial charge in [0, 0.05) is 6.07 Å². The van der Waals surface area contributed by atoms with Crippen molar-refractivity contribution in [2.75, 3.05) is 11.4 Å². The van der Waals surface area contributed by atoms with Crippen molar-refractivity contribution >= 4 is 21.6 Å². The van der Waals surface area contributed by atoms with E-state index in [-0.39, 0.29) is 4.90 Å². The first-order valence-corrected chi connectivity index (χ1v) is 11.6. The van der Waals surface area contributed by atoms with Gasteiger partial charge in [-0.15, -0.1) is 0 Å². The Kier molecular flexibility index (Phi) is 6.89. The van der Waals surface area contributed by atoms with Gasteiger partial charge in [0.25, 0.3) is 15.9 Å². The van der Waals surface area contributed by atoms with Crippen LogP contribution in [0.1, 0.15) is 23.6 Å². The minimum Gasteiger partial charge on any atom is -0.497 e. The van der Waals surface area contributed by atoms with Gasteiger partial charge in [-0.1, -0.05) is 35.9 Å². The highest BCUT2D eigenvalue weighted by Crippen LogP contribution is 2.30. The van der Waals surface area contributed by atoms with Crippen molar-refractivity contribution in [3.63, 3.8) is 0 Å². The number of hydrogen-bond acceptors (Lipinski definition) is 5. The van der Waals surface area contributed by atoms with Gasteiger partial charge in [-0.05, 0) is 69.2 Å². The summed E-state index contributed by atoms with van der Waals surface area (Å²) in [7, 11) is -2.65. The molecule has 3 aromatic rings. The Balaban J connectivity index is 2.06. The highest BCUT2D eigenvalue weighted by Gasteiger charge is 2.35. The molecule has 6 nitrogen and oxygen atoms in total. The molecule has 0 aromatic heterocycles. The van der Waals surface area contributed by atoms with Crippen LogP contribution in [0, 0.1) is 20.8 Å². The number of carbonyl (C=O) groups excluding carboxylic acids is 1. The summed E-state index contributed by atoms with van der Waals surface area (Å²) in [5.41, 5.74) is 2.80. The fourth-order valence-electron chi connectivity index (χ4n) is 3.23. The molecule has 0 radical (unpaired) electrons. The van der Waals surface area contributed by atoms with Gasteiger partial charge in [0.1, 0.15) is 11.5 Å². The number of rotatable bonds is 7. The molecule has 0 bridgehead atoms. The molecular weight excluding hydrogens is 426 g/mol. The first-order valence-electron chi connectivity index (χ1n) is 10.2. The van der Waals surface area contributed by atoms with Crippen LogP contribution >= 0.6 is 0 Å².